The number of hydrogen-bond donors (Lipinski definition) is 1. The maximum absolute atomic E-state index is 14.9. The SMILES string of the molecule is Cc1ccc(-c2c(C(=O)C3CN3N)c3cc(C(C)(C)F)cnc3n2C2CCCCC2)nc1. The van der Waals surface area contributed by atoms with Crippen molar-refractivity contribution < 1.29 is 9.18 Å². The number of alkyl halides is 1. The summed E-state index contributed by atoms with van der Waals surface area (Å²) in [4.78, 5) is 23.1. The molecule has 2 atom stereocenters. The average molecular weight is 436 g/mol. The topological polar surface area (TPSA) is 76.8 Å². The maximum Gasteiger partial charge on any atom is 0.185 e. The lowest BCUT2D eigenvalue weighted by Gasteiger charge is -2.26. The molecule has 0 amide bonds. The van der Waals surface area contributed by atoms with Crippen LogP contribution in [-0.4, -0.2) is 37.9 Å². The molecule has 2 unspecified atom stereocenters. The Hall–Kier alpha value is -2.64. The van der Waals surface area contributed by atoms with Crippen LogP contribution in [0.4, 0.5) is 4.39 Å². The van der Waals surface area contributed by atoms with E-state index in [0.717, 1.165) is 48.3 Å². The molecule has 0 bridgehead atoms. The van der Waals surface area contributed by atoms with Crippen LogP contribution in [0.15, 0.2) is 30.6 Å². The fraction of sp³-hybridized carbons (Fsp3) is 0.480. The van der Waals surface area contributed by atoms with E-state index in [9.17, 15) is 9.18 Å². The molecule has 6 nitrogen and oxygen atoms in total. The standard InChI is InChI=1S/C25H30FN5O/c1-15-9-10-19(28-12-15)22-21(23(32)20-14-30(20)27)18-11-16(25(2,3)26)13-29-24(18)31(22)17-7-5-4-6-8-17/h9-13,17,20H,4-8,14,27H2,1-3H3. The van der Waals surface area contributed by atoms with E-state index in [-0.39, 0.29) is 17.9 Å². The molecule has 7 heteroatoms. The number of aryl methyl sites for hydroxylation is 1. The number of nitrogens with two attached hydrogens (primary N) is 1. The molecule has 2 N–H and O–H groups in total. The van der Waals surface area contributed by atoms with Crippen molar-refractivity contribution in [3.05, 3.63) is 47.3 Å². The summed E-state index contributed by atoms with van der Waals surface area (Å²) in [5.41, 5.74) is 2.79. The van der Waals surface area contributed by atoms with Crippen molar-refractivity contribution in [3.8, 4) is 11.4 Å². The first-order valence-electron chi connectivity index (χ1n) is 11.5. The Morgan fingerprint density at radius 3 is 2.47 bits per heavy atom. The number of hydrazine groups is 1. The number of pyridine rings is 2. The van der Waals surface area contributed by atoms with Crippen LogP contribution in [0.2, 0.25) is 0 Å². The first-order valence-corrected chi connectivity index (χ1v) is 11.5. The normalized spacial score (nSPS) is 21.8. The van der Waals surface area contributed by atoms with Crippen LogP contribution in [-0.2, 0) is 5.67 Å². The molecule has 4 heterocycles. The molecule has 1 saturated heterocycles. The molecule has 0 radical (unpaired) electrons. The second-order valence-electron chi connectivity index (χ2n) is 9.75. The number of carbonyl (C=O) groups is 1. The Bertz CT molecular complexity index is 1170. The van der Waals surface area contributed by atoms with E-state index in [1.54, 1.807) is 12.3 Å². The first-order chi connectivity index (χ1) is 15.3. The van der Waals surface area contributed by atoms with Crippen LogP contribution in [0, 0.1) is 6.92 Å². The Balaban J connectivity index is 1.83. The molecule has 3 aromatic rings. The monoisotopic (exact) mass is 435 g/mol. The Labute approximate surface area is 187 Å². The predicted octanol–water partition coefficient (Wildman–Crippen LogP) is 4.86. The van der Waals surface area contributed by atoms with Gasteiger partial charge in [-0.1, -0.05) is 25.3 Å². The highest BCUT2D eigenvalue weighted by atomic mass is 19.1. The molecule has 3 aromatic heterocycles. The minimum Gasteiger partial charge on any atom is -0.320 e. The van der Waals surface area contributed by atoms with Crippen molar-refractivity contribution in [2.45, 2.75) is 70.6 Å². The van der Waals surface area contributed by atoms with E-state index in [2.05, 4.69) is 4.57 Å². The van der Waals surface area contributed by atoms with E-state index < -0.39 is 5.67 Å². The van der Waals surface area contributed by atoms with Crippen LogP contribution in [0.25, 0.3) is 22.4 Å². The Kier molecular flexibility index (Phi) is 5.13. The molecular formula is C25H30FN5O. The highest BCUT2D eigenvalue weighted by Crippen LogP contribution is 2.42. The van der Waals surface area contributed by atoms with E-state index in [1.807, 2.05) is 25.3 Å². The average Bonchev–Trinajstić information content (AvgIpc) is 3.40. The fourth-order valence-electron chi connectivity index (χ4n) is 4.87. The summed E-state index contributed by atoms with van der Waals surface area (Å²) in [5, 5.41) is 2.23. The van der Waals surface area contributed by atoms with E-state index in [0.29, 0.717) is 23.1 Å². The number of nitrogens with zero attached hydrogens (tertiary/aromatic N) is 4. The summed E-state index contributed by atoms with van der Waals surface area (Å²) in [6.45, 7) is 5.55. The second-order valence-corrected chi connectivity index (χ2v) is 9.75. The molecule has 1 aliphatic carbocycles. The number of hydrogen-bond acceptors (Lipinski definition) is 5. The Morgan fingerprint density at radius 1 is 1.16 bits per heavy atom. The number of fused-ring (bicyclic) bond motifs is 1. The molecule has 0 spiro atoms. The maximum atomic E-state index is 14.9. The number of carbonyl (C=O) groups excluding carboxylic acids is 1. The molecule has 1 aliphatic heterocycles. The van der Waals surface area contributed by atoms with Crippen LogP contribution >= 0.6 is 0 Å². The zero-order chi connectivity index (χ0) is 22.6. The summed E-state index contributed by atoms with van der Waals surface area (Å²) in [6, 6.07) is 5.65. The number of Topliss-reactive ketones (excluding diaryl/α,β-unsaturated/α-hetero) is 1. The van der Waals surface area contributed by atoms with Crippen molar-refractivity contribution in [1.29, 1.82) is 0 Å². The van der Waals surface area contributed by atoms with Gasteiger partial charge in [-0.05, 0) is 51.3 Å². The third-order valence-corrected chi connectivity index (χ3v) is 6.82. The third kappa shape index (κ3) is 3.63. The lowest BCUT2D eigenvalue weighted by Crippen LogP contribution is -2.19. The van der Waals surface area contributed by atoms with Crippen LogP contribution < -0.4 is 5.84 Å². The van der Waals surface area contributed by atoms with Gasteiger partial charge >= 0.3 is 0 Å². The minimum atomic E-state index is -1.56. The van der Waals surface area contributed by atoms with Gasteiger partial charge in [-0.25, -0.2) is 14.4 Å². The molecular weight excluding hydrogens is 405 g/mol. The van der Waals surface area contributed by atoms with Crippen molar-refractivity contribution in [2.75, 3.05) is 6.54 Å². The lowest BCUT2D eigenvalue weighted by molar-refractivity contribution is 0.0977. The highest BCUT2D eigenvalue weighted by molar-refractivity contribution is 6.16. The van der Waals surface area contributed by atoms with Gasteiger partial charge in [0.25, 0.3) is 0 Å². The lowest BCUT2D eigenvalue weighted by atomic mass is 9.94. The highest BCUT2D eigenvalue weighted by Gasteiger charge is 2.42. The number of rotatable bonds is 5. The van der Waals surface area contributed by atoms with Crippen LogP contribution in [0.1, 0.15) is 73.5 Å². The van der Waals surface area contributed by atoms with Crippen LogP contribution in [0.5, 0.6) is 0 Å². The Morgan fingerprint density at radius 2 is 1.88 bits per heavy atom. The van der Waals surface area contributed by atoms with Gasteiger partial charge in [-0.2, -0.15) is 0 Å². The van der Waals surface area contributed by atoms with Crippen molar-refractivity contribution >= 4 is 16.8 Å². The van der Waals surface area contributed by atoms with Gasteiger partial charge in [-0.3, -0.25) is 15.6 Å². The zero-order valence-corrected chi connectivity index (χ0v) is 18.9. The van der Waals surface area contributed by atoms with Gasteiger partial charge in [0.2, 0.25) is 0 Å². The van der Waals surface area contributed by atoms with E-state index in [4.69, 9.17) is 15.8 Å². The summed E-state index contributed by atoms with van der Waals surface area (Å²) < 4.78 is 17.1. The molecule has 2 aliphatic rings. The van der Waals surface area contributed by atoms with Gasteiger partial charge in [0, 0.05) is 35.9 Å². The molecule has 168 valence electrons. The number of halogens is 1. The fourth-order valence-corrected chi connectivity index (χ4v) is 4.87. The van der Waals surface area contributed by atoms with Gasteiger partial charge in [0.1, 0.15) is 17.4 Å². The molecule has 1 saturated carbocycles. The number of ketones is 1. The number of aromatic nitrogens is 3. The summed E-state index contributed by atoms with van der Waals surface area (Å²) in [7, 11) is 0. The van der Waals surface area contributed by atoms with Gasteiger partial charge < -0.3 is 4.57 Å². The van der Waals surface area contributed by atoms with Crippen molar-refractivity contribution in [2.24, 2.45) is 5.84 Å². The quantitative estimate of drug-likeness (QED) is 0.352. The predicted molar refractivity (Wildman–Crippen MR) is 123 cm³/mol. The zero-order valence-electron chi connectivity index (χ0n) is 18.9. The summed E-state index contributed by atoms with van der Waals surface area (Å²) in [5.74, 6) is 5.88. The second kappa shape index (κ2) is 7.74. The largest absolute Gasteiger partial charge is 0.320 e. The molecule has 0 aromatic carbocycles. The van der Waals surface area contributed by atoms with Crippen molar-refractivity contribution in [3.63, 3.8) is 0 Å². The van der Waals surface area contributed by atoms with Crippen LogP contribution in [0.3, 0.4) is 0 Å². The van der Waals surface area contributed by atoms with Gasteiger partial charge in [0.15, 0.2) is 5.78 Å². The smallest absolute Gasteiger partial charge is 0.185 e. The summed E-state index contributed by atoms with van der Waals surface area (Å²) in [6.07, 6.45) is 8.99. The van der Waals surface area contributed by atoms with Gasteiger partial charge in [-0.15, -0.1) is 0 Å². The molecule has 2 fully saturated rings. The molecule has 5 rings (SSSR count). The summed E-state index contributed by atoms with van der Waals surface area (Å²) >= 11 is 0. The van der Waals surface area contributed by atoms with Crippen molar-refractivity contribution in [1.82, 2.24) is 19.5 Å². The minimum absolute atomic E-state index is 0.0416. The third-order valence-electron chi connectivity index (χ3n) is 6.82. The first kappa shape index (κ1) is 21.2. The van der Waals surface area contributed by atoms with E-state index in [1.165, 1.54) is 25.3 Å². The van der Waals surface area contributed by atoms with Gasteiger partial charge in [0.05, 0.1) is 17.0 Å². The van der Waals surface area contributed by atoms with E-state index >= 15 is 0 Å². The molecule has 32 heavy (non-hydrogen) atoms.